The molecule has 2 heterocycles. The molecule has 9 nitrogen and oxygen atoms in total. The Hall–Kier alpha value is -4.14. The summed E-state index contributed by atoms with van der Waals surface area (Å²) < 4.78 is 0. The van der Waals surface area contributed by atoms with Crippen molar-refractivity contribution in [1.29, 1.82) is 0 Å². The zero-order valence-electron chi connectivity index (χ0n) is 17.5. The number of carboxylic acid groups (broad SMARTS) is 1. The van der Waals surface area contributed by atoms with Crippen LogP contribution in [0.25, 0.3) is 11.3 Å². The largest absolute Gasteiger partial charge is 0.465 e. The molecule has 3 aromatic rings. The summed E-state index contributed by atoms with van der Waals surface area (Å²) in [7, 11) is 1.31. The average Bonchev–Trinajstić information content (AvgIpc) is 3.14. The SMILES string of the molecule is CN(CC(=O)Nc1cc(-c2[nH]c3c(c2Nc2ccccc2)C(=O)CCC3)ccn1)C(=O)O. The third-order valence-electron chi connectivity index (χ3n) is 5.25. The van der Waals surface area contributed by atoms with Crippen LogP contribution in [0.5, 0.6) is 0 Å². The molecule has 0 bridgehead atoms. The van der Waals surface area contributed by atoms with E-state index in [9.17, 15) is 14.4 Å². The van der Waals surface area contributed by atoms with E-state index in [1.807, 2.05) is 30.3 Å². The van der Waals surface area contributed by atoms with Crippen molar-refractivity contribution in [1.82, 2.24) is 14.9 Å². The number of nitrogens with one attached hydrogen (secondary N) is 3. The van der Waals surface area contributed by atoms with Gasteiger partial charge < -0.3 is 25.6 Å². The minimum Gasteiger partial charge on any atom is -0.465 e. The maximum atomic E-state index is 12.7. The molecule has 0 fully saturated rings. The highest BCUT2D eigenvalue weighted by molar-refractivity contribution is 6.07. The van der Waals surface area contributed by atoms with Gasteiger partial charge >= 0.3 is 6.09 Å². The van der Waals surface area contributed by atoms with Gasteiger partial charge in [-0.25, -0.2) is 9.78 Å². The predicted molar refractivity (Wildman–Crippen MR) is 120 cm³/mol. The molecule has 1 aromatic carbocycles. The van der Waals surface area contributed by atoms with E-state index in [1.165, 1.54) is 7.05 Å². The van der Waals surface area contributed by atoms with Gasteiger partial charge in [0.25, 0.3) is 0 Å². The van der Waals surface area contributed by atoms with Crippen molar-refractivity contribution < 1.29 is 19.5 Å². The molecule has 9 heteroatoms. The number of H-pyrrole nitrogens is 1. The molecule has 0 spiro atoms. The van der Waals surface area contributed by atoms with E-state index in [1.54, 1.807) is 18.3 Å². The molecule has 2 amide bonds. The molecule has 0 radical (unpaired) electrons. The van der Waals surface area contributed by atoms with E-state index in [0.717, 1.165) is 40.4 Å². The fourth-order valence-corrected chi connectivity index (χ4v) is 3.72. The summed E-state index contributed by atoms with van der Waals surface area (Å²) in [5.41, 5.74) is 4.58. The van der Waals surface area contributed by atoms with Crippen LogP contribution < -0.4 is 10.6 Å². The number of anilines is 3. The van der Waals surface area contributed by atoms with E-state index in [0.29, 0.717) is 17.7 Å². The predicted octanol–water partition coefficient (Wildman–Crippen LogP) is 3.89. The molecule has 0 aliphatic heterocycles. The van der Waals surface area contributed by atoms with Gasteiger partial charge in [0.2, 0.25) is 5.91 Å². The second kappa shape index (κ2) is 8.93. The molecule has 1 aliphatic carbocycles. The first-order chi connectivity index (χ1) is 15.4. The van der Waals surface area contributed by atoms with Crippen molar-refractivity contribution in [2.75, 3.05) is 24.2 Å². The molecule has 4 N–H and O–H groups in total. The Morgan fingerprint density at radius 1 is 1.19 bits per heavy atom. The minimum atomic E-state index is -1.19. The topological polar surface area (TPSA) is 127 Å². The van der Waals surface area contributed by atoms with Crippen LogP contribution in [0.15, 0.2) is 48.7 Å². The number of aromatic nitrogens is 2. The van der Waals surface area contributed by atoms with Gasteiger partial charge in [0.15, 0.2) is 5.78 Å². The first kappa shape index (κ1) is 21.1. The summed E-state index contributed by atoms with van der Waals surface area (Å²) in [6, 6.07) is 13.1. The molecular formula is C23H23N5O4. The molecular weight excluding hydrogens is 410 g/mol. The Morgan fingerprint density at radius 3 is 2.72 bits per heavy atom. The van der Waals surface area contributed by atoms with Crippen LogP contribution in [-0.4, -0.2) is 51.4 Å². The van der Waals surface area contributed by atoms with Gasteiger partial charge in [-0.2, -0.15) is 0 Å². The lowest BCUT2D eigenvalue weighted by Gasteiger charge is -2.14. The second-order valence-corrected chi connectivity index (χ2v) is 7.61. The minimum absolute atomic E-state index is 0.0893. The van der Waals surface area contributed by atoms with E-state index in [2.05, 4.69) is 20.6 Å². The number of pyridine rings is 1. The van der Waals surface area contributed by atoms with Gasteiger partial charge in [-0.05, 0) is 37.1 Å². The molecule has 0 saturated heterocycles. The van der Waals surface area contributed by atoms with Gasteiger partial charge in [0, 0.05) is 36.6 Å². The van der Waals surface area contributed by atoms with Crippen molar-refractivity contribution >= 4 is 35.0 Å². The number of carbonyl (C=O) groups excluding carboxylic acids is 2. The zero-order valence-corrected chi connectivity index (χ0v) is 17.5. The molecule has 4 rings (SSSR count). The lowest BCUT2D eigenvalue weighted by molar-refractivity contribution is -0.116. The summed E-state index contributed by atoms with van der Waals surface area (Å²) in [6.07, 6.45) is 2.44. The highest BCUT2D eigenvalue weighted by atomic mass is 16.4. The van der Waals surface area contributed by atoms with E-state index < -0.39 is 12.0 Å². The number of benzene rings is 1. The first-order valence-electron chi connectivity index (χ1n) is 10.2. The Kier molecular flexibility index (Phi) is 5.89. The number of aryl methyl sites for hydroxylation is 1. The number of nitrogens with zero attached hydrogens (tertiary/aromatic N) is 2. The van der Waals surface area contributed by atoms with E-state index >= 15 is 0 Å². The van der Waals surface area contributed by atoms with Crippen LogP contribution in [0.3, 0.4) is 0 Å². The number of amides is 2. The maximum Gasteiger partial charge on any atom is 0.407 e. The Morgan fingerprint density at radius 2 is 1.97 bits per heavy atom. The summed E-state index contributed by atoms with van der Waals surface area (Å²) in [5.74, 6) is -0.120. The number of likely N-dealkylation sites (N-methyl/N-ethyl adjacent to an activating group) is 1. The quantitative estimate of drug-likeness (QED) is 0.467. The van der Waals surface area contributed by atoms with Gasteiger partial charge in [0.1, 0.15) is 12.4 Å². The third kappa shape index (κ3) is 4.46. The zero-order chi connectivity index (χ0) is 22.7. The number of para-hydroxylation sites is 1. The van der Waals surface area contributed by atoms with Crippen LogP contribution in [0.4, 0.5) is 22.0 Å². The number of aromatic amines is 1. The molecule has 164 valence electrons. The number of ketones is 1. The number of hydrogen-bond donors (Lipinski definition) is 4. The number of rotatable bonds is 6. The third-order valence-corrected chi connectivity index (χ3v) is 5.25. The van der Waals surface area contributed by atoms with Gasteiger partial charge in [0.05, 0.1) is 16.9 Å². The number of hydrogen-bond acceptors (Lipinski definition) is 5. The number of fused-ring (bicyclic) bond motifs is 1. The standard InChI is InChI=1S/C23H23N5O4/c1-28(23(31)32)13-19(30)27-18-12-14(10-11-24-18)21-22(25-15-6-3-2-4-7-15)20-16(26-21)8-5-9-17(20)29/h2-4,6-7,10-12,25-26H,5,8-9,13H2,1H3,(H,31,32)(H,24,27,30). The molecule has 2 aromatic heterocycles. The van der Waals surface area contributed by atoms with Crippen LogP contribution >= 0.6 is 0 Å². The average molecular weight is 433 g/mol. The van der Waals surface area contributed by atoms with Crippen molar-refractivity contribution in [3.05, 3.63) is 59.9 Å². The molecule has 1 aliphatic rings. The Bertz CT molecular complexity index is 1170. The number of carbonyl (C=O) groups is 3. The van der Waals surface area contributed by atoms with Crippen LogP contribution in [0, 0.1) is 0 Å². The molecule has 0 saturated carbocycles. The van der Waals surface area contributed by atoms with Crippen LogP contribution in [0.1, 0.15) is 28.9 Å². The maximum absolute atomic E-state index is 12.7. The Labute approximate surface area is 184 Å². The van der Waals surface area contributed by atoms with Gasteiger partial charge in [-0.15, -0.1) is 0 Å². The lowest BCUT2D eigenvalue weighted by Crippen LogP contribution is -2.33. The van der Waals surface area contributed by atoms with Gasteiger partial charge in [-0.3, -0.25) is 9.59 Å². The fourth-order valence-electron chi connectivity index (χ4n) is 3.72. The monoisotopic (exact) mass is 433 g/mol. The Balaban J connectivity index is 1.67. The molecule has 0 unspecified atom stereocenters. The van der Waals surface area contributed by atoms with Crippen LogP contribution in [-0.2, 0) is 11.2 Å². The highest BCUT2D eigenvalue weighted by Crippen LogP contribution is 2.39. The normalized spacial score (nSPS) is 12.7. The van der Waals surface area contributed by atoms with Gasteiger partial charge in [-0.1, -0.05) is 18.2 Å². The van der Waals surface area contributed by atoms with Crippen molar-refractivity contribution in [3.63, 3.8) is 0 Å². The van der Waals surface area contributed by atoms with Crippen molar-refractivity contribution in [2.45, 2.75) is 19.3 Å². The molecule has 0 atom stereocenters. The van der Waals surface area contributed by atoms with Crippen LogP contribution in [0.2, 0.25) is 0 Å². The molecule has 32 heavy (non-hydrogen) atoms. The summed E-state index contributed by atoms with van der Waals surface area (Å²) in [6.45, 7) is -0.312. The fraction of sp³-hybridized carbons (Fsp3) is 0.217. The summed E-state index contributed by atoms with van der Waals surface area (Å²) in [4.78, 5) is 44.3. The van der Waals surface area contributed by atoms with E-state index in [-0.39, 0.29) is 18.1 Å². The second-order valence-electron chi connectivity index (χ2n) is 7.61. The summed E-state index contributed by atoms with van der Waals surface area (Å²) >= 11 is 0. The summed E-state index contributed by atoms with van der Waals surface area (Å²) in [5, 5.41) is 14.9. The van der Waals surface area contributed by atoms with E-state index in [4.69, 9.17) is 5.11 Å². The smallest absolute Gasteiger partial charge is 0.407 e. The van der Waals surface area contributed by atoms with Crippen molar-refractivity contribution in [2.24, 2.45) is 0 Å². The van der Waals surface area contributed by atoms with Crippen molar-refractivity contribution in [3.8, 4) is 11.3 Å². The number of Topliss-reactive ketones (excluding diaryl/α,β-unsaturated/α-hetero) is 1. The highest BCUT2D eigenvalue weighted by Gasteiger charge is 2.27. The lowest BCUT2D eigenvalue weighted by atomic mass is 9.95. The first-order valence-corrected chi connectivity index (χ1v) is 10.2.